The number of sulfone groups is 1. The molecule has 0 aliphatic carbocycles. The molecule has 0 aromatic heterocycles. The lowest BCUT2D eigenvalue weighted by Crippen LogP contribution is -2.41. The van der Waals surface area contributed by atoms with Gasteiger partial charge in [-0.1, -0.05) is 6.92 Å². The van der Waals surface area contributed by atoms with E-state index in [0.717, 1.165) is 37.8 Å². The summed E-state index contributed by atoms with van der Waals surface area (Å²) in [5.74, 6) is 2.52. The number of hydrogen-bond donors (Lipinski definition) is 2. The molecule has 2 aliphatic rings. The Kier molecular flexibility index (Phi) is 7.14. The summed E-state index contributed by atoms with van der Waals surface area (Å²) in [5, 5.41) is 6.58. The summed E-state index contributed by atoms with van der Waals surface area (Å²) in [6.07, 6.45) is 4.51. The molecule has 0 spiro atoms. The van der Waals surface area contributed by atoms with E-state index >= 15 is 0 Å². The third kappa shape index (κ3) is 6.67. The summed E-state index contributed by atoms with van der Waals surface area (Å²) in [5.41, 5.74) is 0. The molecule has 7 heteroatoms. The molecule has 0 bridgehead atoms. The SMILES string of the molecule is CN=C(NCCCN1CCC(C)CC1)NCC1CCS(=O)(=O)C1. The standard InChI is InChI=1S/C16H32N4O2S/c1-14-4-9-20(10-5-14)8-3-7-18-16(17-2)19-12-15-6-11-23(21,22)13-15/h14-15H,3-13H2,1-2H3,(H2,17,18,19). The van der Waals surface area contributed by atoms with Crippen LogP contribution in [-0.4, -0.2) is 70.6 Å². The molecule has 2 N–H and O–H groups in total. The van der Waals surface area contributed by atoms with Crippen LogP contribution in [0.5, 0.6) is 0 Å². The van der Waals surface area contributed by atoms with Crippen LogP contribution in [-0.2, 0) is 9.84 Å². The molecule has 0 radical (unpaired) electrons. The summed E-state index contributed by atoms with van der Waals surface area (Å²) < 4.78 is 22.9. The molecular weight excluding hydrogens is 312 g/mol. The highest BCUT2D eigenvalue weighted by Crippen LogP contribution is 2.17. The highest BCUT2D eigenvalue weighted by molar-refractivity contribution is 7.91. The Labute approximate surface area is 141 Å². The number of piperidine rings is 1. The van der Waals surface area contributed by atoms with E-state index < -0.39 is 9.84 Å². The van der Waals surface area contributed by atoms with Crippen LogP contribution in [0, 0.1) is 11.8 Å². The van der Waals surface area contributed by atoms with Crippen LogP contribution in [0.2, 0.25) is 0 Å². The number of nitrogens with one attached hydrogen (secondary N) is 2. The average Bonchev–Trinajstić information content (AvgIpc) is 2.87. The molecule has 1 unspecified atom stereocenters. The highest BCUT2D eigenvalue weighted by Gasteiger charge is 2.27. The van der Waals surface area contributed by atoms with Crippen molar-refractivity contribution >= 4 is 15.8 Å². The average molecular weight is 345 g/mol. The van der Waals surface area contributed by atoms with Gasteiger partial charge in [0.25, 0.3) is 0 Å². The Bertz CT molecular complexity index is 484. The monoisotopic (exact) mass is 344 g/mol. The van der Waals surface area contributed by atoms with E-state index in [1.165, 1.54) is 25.9 Å². The van der Waals surface area contributed by atoms with Gasteiger partial charge in [0.15, 0.2) is 15.8 Å². The first kappa shape index (κ1) is 18.5. The number of hydrogen-bond acceptors (Lipinski definition) is 4. The fraction of sp³-hybridized carbons (Fsp3) is 0.938. The van der Waals surface area contributed by atoms with Crippen LogP contribution in [0.25, 0.3) is 0 Å². The third-order valence-corrected chi connectivity index (χ3v) is 6.77. The van der Waals surface area contributed by atoms with Gasteiger partial charge in [-0.3, -0.25) is 4.99 Å². The minimum atomic E-state index is -2.79. The number of rotatable bonds is 6. The fourth-order valence-electron chi connectivity index (χ4n) is 3.29. The Hall–Kier alpha value is -0.820. The molecular formula is C16H32N4O2S. The van der Waals surface area contributed by atoms with Crippen molar-refractivity contribution in [1.82, 2.24) is 15.5 Å². The van der Waals surface area contributed by atoms with Gasteiger partial charge < -0.3 is 15.5 Å². The summed E-state index contributed by atoms with van der Waals surface area (Å²) in [4.78, 5) is 6.75. The topological polar surface area (TPSA) is 73.8 Å². The molecule has 23 heavy (non-hydrogen) atoms. The molecule has 2 saturated heterocycles. The first-order valence-corrected chi connectivity index (χ1v) is 10.7. The largest absolute Gasteiger partial charge is 0.356 e. The molecule has 0 aromatic carbocycles. The van der Waals surface area contributed by atoms with Crippen molar-refractivity contribution in [3.63, 3.8) is 0 Å². The molecule has 0 saturated carbocycles. The highest BCUT2D eigenvalue weighted by atomic mass is 32.2. The van der Waals surface area contributed by atoms with Gasteiger partial charge in [0.1, 0.15) is 0 Å². The maximum absolute atomic E-state index is 11.5. The molecule has 1 atom stereocenters. The number of nitrogens with zero attached hydrogens (tertiary/aromatic N) is 2. The molecule has 2 aliphatic heterocycles. The lowest BCUT2D eigenvalue weighted by molar-refractivity contribution is 0.191. The molecule has 134 valence electrons. The first-order valence-electron chi connectivity index (χ1n) is 8.86. The number of likely N-dealkylation sites (tertiary alicyclic amines) is 1. The second-order valence-corrected chi connectivity index (χ2v) is 9.26. The van der Waals surface area contributed by atoms with Crippen LogP contribution < -0.4 is 10.6 Å². The van der Waals surface area contributed by atoms with E-state index in [1.807, 2.05) is 0 Å². The molecule has 0 amide bonds. The number of guanidine groups is 1. The van der Waals surface area contributed by atoms with Crippen LogP contribution >= 0.6 is 0 Å². The zero-order chi connectivity index (χ0) is 16.7. The van der Waals surface area contributed by atoms with Gasteiger partial charge >= 0.3 is 0 Å². The van der Waals surface area contributed by atoms with E-state index in [1.54, 1.807) is 7.05 Å². The second kappa shape index (κ2) is 8.87. The molecule has 2 rings (SSSR count). The van der Waals surface area contributed by atoms with Crippen LogP contribution in [0.4, 0.5) is 0 Å². The Morgan fingerprint density at radius 1 is 1.22 bits per heavy atom. The Morgan fingerprint density at radius 2 is 1.96 bits per heavy atom. The maximum atomic E-state index is 11.5. The van der Waals surface area contributed by atoms with E-state index in [0.29, 0.717) is 18.1 Å². The van der Waals surface area contributed by atoms with Gasteiger partial charge in [0.05, 0.1) is 11.5 Å². The minimum Gasteiger partial charge on any atom is -0.356 e. The Morgan fingerprint density at radius 3 is 2.57 bits per heavy atom. The molecule has 2 fully saturated rings. The lowest BCUT2D eigenvalue weighted by atomic mass is 9.99. The fourth-order valence-corrected chi connectivity index (χ4v) is 5.15. The lowest BCUT2D eigenvalue weighted by Gasteiger charge is -2.30. The molecule has 6 nitrogen and oxygen atoms in total. The normalized spacial score (nSPS) is 26.3. The summed E-state index contributed by atoms with van der Waals surface area (Å²) in [6, 6.07) is 0. The van der Waals surface area contributed by atoms with E-state index in [9.17, 15) is 8.42 Å². The summed E-state index contributed by atoms with van der Waals surface area (Å²) >= 11 is 0. The second-order valence-electron chi connectivity index (χ2n) is 7.03. The zero-order valence-electron chi connectivity index (χ0n) is 14.6. The first-order chi connectivity index (χ1) is 11.0. The van der Waals surface area contributed by atoms with Gasteiger partial charge in [-0.2, -0.15) is 0 Å². The van der Waals surface area contributed by atoms with Crippen molar-refractivity contribution in [2.24, 2.45) is 16.8 Å². The predicted molar refractivity (Wildman–Crippen MR) is 95.6 cm³/mol. The van der Waals surface area contributed by atoms with Crippen LogP contribution in [0.15, 0.2) is 4.99 Å². The summed E-state index contributed by atoms with van der Waals surface area (Å²) in [6.45, 7) is 7.51. The van der Waals surface area contributed by atoms with Crippen LogP contribution in [0.3, 0.4) is 0 Å². The quantitative estimate of drug-likeness (QED) is 0.422. The smallest absolute Gasteiger partial charge is 0.190 e. The van der Waals surface area contributed by atoms with E-state index in [4.69, 9.17) is 0 Å². The van der Waals surface area contributed by atoms with Crippen molar-refractivity contribution in [2.45, 2.75) is 32.6 Å². The minimum absolute atomic E-state index is 0.217. The number of aliphatic imine (C=N–C) groups is 1. The van der Waals surface area contributed by atoms with Crippen molar-refractivity contribution < 1.29 is 8.42 Å². The van der Waals surface area contributed by atoms with Crippen molar-refractivity contribution in [2.75, 3.05) is 51.3 Å². The predicted octanol–water partition coefficient (Wildman–Crippen LogP) is 0.708. The van der Waals surface area contributed by atoms with Gasteiger partial charge in [-0.05, 0) is 57.2 Å². The molecule has 2 heterocycles. The van der Waals surface area contributed by atoms with E-state index in [2.05, 4.69) is 27.4 Å². The van der Waals surface area contributed by atoms with Crippen LogP contribution in [0.1, 0.15) is 32.6 Å². The van der Waals surface area contributed by atoms with Gasteiger partial charge in [0.2, 0.25) is 0 Å². The third-order valence-electron chi connectivity index (χ3n) is 4.93. The van der Waals surface area contributed by atoms with Gasteiger partial charge in [-0.25, -0.2) is 8.42 Å². The van der Waals surface area contributed by atoms with Crippen molar-refractivity contribution in [3.05, 3.63) is 0 Å². The maximum Gasteiger partial charge on any atom is 0.190 e. The summed E-state index contributed by atoms with van der Waals surface area (Å²) in [7, 11) is -1.04. The Balaban J connectivity index is 1.56. The van der Waals surface area contributed by atoms with Crippen molar-refractivity contribution in [1.29, 1.82) is 0 Å². The zero-order valence-corrected chi connectivity index (χ0v) is 15.4. The van der Waals surface area contributed by atoms with Gasteiger partial charge in [0, 0.05) is 20.1 Å². The van der Waals surface area contributed by atoms with Gasteiger partial charge in [-0.15, -0.1) is 0 Å². The van der Waals surface area contributed by atoms with Crippen molar-refractivity contribution in [3.8, 4) is 0 Å². The molecule has 0 aromatic rings. The van der Waals surface area contributed by atoms with E-state index in [-0.39, 0.29) is 5.92 Å².